The van der Waals surface area contributed by atoms with Gasteiger partial charge in [-0.1, -0.05) is 41.5 Å². The molecule has 1 nitrogen and oxygen atoms in total. The average Bonchev–Trinajstić information content (AvgIpc) is 2.27. The molecule has 1 aliphatic rings. The Balaban J connectivity index is 3.16. The van der Waals surface area contributed by atoms with E-state index in [1.165, 1.54) is 13.0 Å². The molecule has 82 valence electrons. The van der Waals surface area contributed by atoms with Gasteiger partial charge in [-0.2, -0.15) is 0 Å². The van der Waals surface area contributed by atoms with Crippen LogP contribution in [0.25, 0.3) is 0 Å². The second-order valence-corrected chi connectivity index (χ2v) is 6.50. The third-order valence-electron chi connectivity index (χ3n) is 2.98. The quantitative estimate of drug-likeness (QED) is 0.570. The molecule has 0 saturated carbocycles. The second kappa shape index (κ2) is 3.29. The van der Waals surface area contributed by atoms with Crippen molar-refractivity contribution in [2.45, 2.75) is 48.0 Å². The number of hydrogen-bond donors (Lipinski definition) is 0. The predicted molar refractivity (Wildman–Crippen MR) is 63.2 cm³/mol. The molecule has 0 unspecified atom stereocenters. The summed E-state index contributed by atoms with van der Waals surface area (Å²) in [4.78, 5) is 2.43. The van der Waals surface area contributed by atoms with E-state index in [-0.39, 0.29) is 5.41 Å². The first-order chi connectivity index (χ1) is 6.14. The average molecular weight is 195 g/mol. The van der Waals surface area contributed by atoms with Crippen LogP contribution in [0.15, 0.2) is 11.3 Å². The first-order valence-electron chi connectivity index (χ1n) is 5.59. The Morgan fingerprint density at radius 1 is 0.929 bits per heavy atom. The molecule has 1 heterocycles. The summed E-state index contributed by atoms with van der Waals surface area (Å²) in [5.74, 6) is 0. The van der Waals surface area contributed by atoms with Crippen molar-refractivity contribution < 1.29 is 0 Å². The third kappa shape index (κ3) is 2.13. The van der Waals surface area contributed by atoms with Gasteiger partial charge < -0.3 is 4.90 Å². The van der Waals surface area contributed by atoms with Gasteiger partial charge in [-0.3, -0.25) is 0 Å². The molecule has 1 aliphatic heterocycles. The van der Waals surface area contributed by atoms with E-state index < -0.39 is 0 Å². The highest BCUT2D eigenvalue weighted by Gasteiger charge is 2.33. The van der Waals surface area contributed by atoms with E-state index in [0.29, 0.717) is 5.41 Å². The molecule has 1 rings (SSSR count). The van der Waals surface area contributed by atoms with Crippen molar-refractivity contribution >= 4 is 0 Å². The molecule has 0 spiro atoms. The maximum Gasteiger partial charge on any atom is 0.0210 e. The van der Waals surface area contributed by atoms with E-state index in [1.807, 2.05) is 0 Å². The summed E-state index contributed by atoms with van der Waals surface area (Å²) in [7, 11) is 2.22. The largest absolute Gasteiger partial charge is 0.377 e. The second-order valence-electron chi connectivity index (χ2n) is 6.50. The molecule has 0 fully saturated rings. The Morgan fingerprint density at radius 3 is 1.71 bits per heavy atom. The zero-order chi connectivity index (χ0) is 11.1. The summed E-state index contributed by atoms with van der Waals surface area (Å²) in [5, 5.41) is 0. The van der Waals surface area contributed by atoms with Gasteiger partial charge >= 0.3 is 0 Å². The van der Waals surface area contributed by atoms with Crippen molar-refractivity contribution in [3.8, 4) is 0 Å². The van der Waals surface area contributed by atoms with Crippen molar-refractivity contribution in [1.29, 1.82) is 0 Å². The lowest BCUT2D eigenvalue weighted by molar-refractivity contribution is 0.333. The van der Waals surface area contributed by atoms with Crippen LogP contribution in [0, 0.1) is 10.8 Å². The molecule has 0 aromatic heterocycles. The maximum absolute atomic E-state index is 2.43. The normalized spacial score (nSPS) is 19.5. The van der Waals surface area contributed by atoms with E-state index in [0.717, 1.165) is 0 Å². The number of nitrogens with zero attached hydrogens (tertiary/aromatic N) is 1. The molecule has 1 heteroatoms. The molecule has 0 aliphatic carbocycles. The summed E-state index contributed by atoms with van der Waals surface area (Å²) in [6.45, 7) is 15.1. The fourth-order valence-electron chi connectivity index (χ4n) is 2.50. The van der Waals surface area contributed by atoms with E-state index >= 15 is 0 Å². The maximum atomic E-state index is 2.43. The molecule has 0 aromatic carbocycles. The zero-order valence-corrected chi connectivity index (χ0v) is 10.9. The Morgan fingerprint density at radius 2 is 1.43 bits per heavy atom. The van der Waals surface area contributed by atoms with Gasteiger partial charge in [-0.15, -0.1) is 0 Å². The third-order valence-corrected chi connectivity index (χ3v) is 2.98. The van der Waals surface area contributed by atoms with Crippen LogP contribution in [0.5, 0.6) is 0 Å². The van der Waals surface area contributed by atoms with Crippen LogP contribution in [0.2, 0.25) is 0 Å². The van der Waals surface area contributed by atoms with E-state index in [2.05, 4.69) is 53.5 Å². The van der Waals surface area contributed by atoms with Crippen LogP contribution in [0.1, 0.15) is 48.0 Å². The molecule has 0 atom stereocenters. The van der Waals surface area contributed by atoms with Crippen molar-refractivity contribution in [2.75, 3.05) is 13.6 Å². The van der Waals surface area contributed by atoms with Crippen molar-refractivity contribution in [3.05, 3.63) is 11.3 Å². The lowest BCUT2D eigenvalue weighted by atomic mass is 9.79. The van der Waals surface area contributed by atoms with Gasteiger partial charge in [-0.25, -0.2) is 0 Å². The molecule has 0 saturated heterocycles. The molecule has 0 N–H and O–H groups in total. The first kappa shape index (κ1) is 11.6. The van der Waals surface area contributed by atoms with Gasteiger partial charge in [0.2, 0.25) is 0 Å². The molecule has 14 heavy (non-hydrogen) atoms. The van der Waals surface area contributed by atoms with Crippen LogP contribution in [0.4, 0.5) is 0 Å². The SMILES string of the molecule is CN1CCC(C(C)(C)C)=C1C(C)(C)C. The van der Waals surface area contributed by atoms with Gasteiger partial charge in [0, 0.05) is 24.7 Å². The van der Waals surface area contributed by atoms with Crippen LogP contribution < -0.4 is 0 Å². The van der Waals surface area contributed by atoms with Crippen LogP contribution >= 0.6 is 0 Å². The summed E-state index contributed by atoms with van der Waals surface area (Å²) < 4.78 is 0. The van der Waals surface area contributed by atoms with Crippen molar-refractivity contribution in [1.82, 2.24) is 4.90 Å². The van der Waals surface area contributed by atoms with Crippen molar-refractivity contribution in [3.63, 3.8) is 0 Å². The monoisotopic (exact) mass is 195 g/mol. The van der Waals surface area contributed by atoms with Gasteiger partial charge in [0.05, 0.1) is 0 Å². The lowest BCUT2D eigenvalue weighted by Gasteiger charge is -2.32. The Hall–Kier alpha value is -0.460. The van der Waals surface area contributed by atoms with Gasteiger partial charge in [0.25, 0.3) is 0 Å². The number of rotatable bonds is 0. The van der Waals surface area contributed by atoms with Gasteiger partial charge in [-0.05, 0) is 17.4 Å². The highest BCUT2D eigenvalue weighted by Crippen LogP contribution is 2.43. The zero-order valence-electron chi connectivity index (χ0n) is 10.9. The molecule has 0 aromatic rings. The van der Waals surface area contributed by atoms with Crippen molar-refractivity contribution in [2.24, 2.45) is 10.8 Å². The smallest absolute Gasteiger partial charge is 0.0210 e. The summed E-state index contributed by atoms with van der Waals surface area (Å²) in [6.07, 6.45) is 1.24. The standard InChI is InChI=1S/C13H25N/c1-12(2,3)10-8-9-14(7)11(10)13(4,5)6/h8-9H2,1-7H3. The summed E-state index contributed by atoms with van der Waals surface area (Å²) in [5.41, 5.74) is 3.82. The van der Waals surface area contributed by atoms with Gasteiger partial charge in [0.15, 0.2) is 0 Å². The van der Waals surface area contributed by atoms with E-state index in [9.17, 15) is 0 Å². The summed E-state index contributed by atoms with van der Waals surface area (Å²) >= 11 is 0. The molecule has 0 amide bonds. The minimum Gasteiger partial charge on any atom is -0.377 e. The minimum absolute atomic E-state index is 0.286. The molecule has 0 bridgehead atoms. The first-order valence-corrected chi connectivity index (χ1v) is 5.59. The van der Waals surface area contributed by atoms with E-state index in [4.69, 9.17) is 0 Å². The molecular weight excluding hydrogens is 170 g/mol. The fraction of sp³-hybridized carbons (Fsp3) is 0.846. The fourth-order valence-corrected chi connectivity index (χ4v) is 2.50. The Labute approximate surface area is 89.2 Å². The highest BCUT2D eigenvalue weighted by atomic mass is 15.1. The number of hydrogen-bond acceptors (Lipinski definition) is 1. The minimum atomic E-state index is 0.286. The van der Waals surface area contributed by atoms with E-state index in [1.54, 1.807) is 11.3 Å². The molecular formula is C13H25N. The van der Waals surface area contributed by atoms with Crippen LogP contribution in [-0.4, -0.2) is 18.5 Å². The lowest BCUT2D eigenvalue weighted by Crippen LogP contribution is -2.25. The topological polar surface area (TPSA) is 3.24 Å². The Bertz CT molecular complexity index is 247. The van der Waals surface area contributed by atoms with Crippen LogP contribution in [0.3, 0.4) is 0 Å². The Kier molecular flexibility index (Phi) is 2.73. The predicted octanol–water partition coefficient (Wildman–Crippen LogP) is 3.67. The number of allylic oxidation sites excluding steroid dienone is 1. The van der Waals surface area contributed by atoms with Gasteiger partial charge in [0.1, 0.15) is 0 Å². The highest BCUT2D eigenvalue weighted by molar-refractivity contribution is 5.27. The molecule has 0 radical (unpaired) electrons. The summed E-state index contributed by atoms with van der Waals surface area (Å²) in [6, 6.07) is 0. The van der Waals surface area contributed by atoms with Crippen LogP contribution in [-0.2, 0) is 0 Å².